The minimum absolute atomic E-state index is 0.0171. The lowest BCUT2D eigenvalue weighted by Gasteiger charge is -2.46. The van der Waals surface area contributed by atoms with E-state index in [-0.39, 0.29) is 17.8 Å². The Morgan fingerprint density at radius 2 is 2.10 bits per heavy atom. The van der Waals surface area contributed by atoms with Gasteiger partial charge in [-0.25, -0.2) is 0 Å². The van der Waals surface area contributed by atoms with Crippen molar-refractivity contribution in [2.45, 2.75) is 71.7 Å². The molecule has 0 saturated carbocycles. The molecule has 2 fully saturated rings. The number of allylic oxidation sites excluding steroid dienone is 1. The van der Waals surface area contributed by atoms with E-state index in [0.29, 0.717) is 5.92 Å². The number of ether oxygens (including phenoxy) is 2. The zero-order valence-corrected chi connectivity index (χ0v) is 15.6. The van der Waals surface area contributed by atoms with Crippen molar-refractivity contribution in [1.82, 2.24) is 0 Å². The number of fused-ring (bicyclic) bond motifs is 1. The Morgan fingerprint density at radius 3 is 2.81 bits per heavy atom. The van der Waals surface area contributed by atoms with Gasteiger partial charge in [-0.2, -0.15) is 0 Å². The Labute approximate surface area is 142 Å². The van der Waals surface area contributed by atoms with Crippen LogP contribution in [0.3, 0.4) is 0 Å². The third-order valence-corrected chi connectivity index (χ3v) is 6.27. The van der Waals surface area contributed by atoms with Crippen LogP contribution < -0.4 is 0 Å². The lowest BCUT2D eigenvalue weighted by molar-refractivity contribution is -0.217. The van der Waals surface area contributed by atoms with Gasteiger partial charge < -0.3 is 9.47 Å². The highest BCUT2D eigenvalue weighted by Crippen LogP contribution is 2.47. The molecule has 0 unspecified atom stereocenters. The molecular weight excluding hydrogens is 375 g/mol. The summed E-state index contributed by atoms with van der Waals surface area (Å²) >= 11 is 2.40. The summed E-state index contributed by atoms with van der Waals surface area (Å²) in [6, 6.07) is 0. The molecule has 21 heavy (non-hydrogen) atoms. The minimum atomic E-state index is -0.0171. The number of halogens is 1. The van der Waals surface area contributed by atoms with Crippen molar-refractivity contribution in [3.63, 3.8) is 0 Å². The third kappa shape index (κ3) is 3.11. The molecule has 0 spiro atoms. The van der Waals surface area contributed by atoms with Crippen molar-refractivity contribution >= 4 is 22.6 Å². The fourth-order valence-electron chi connectivity index (χ4n) is 4.47. The van der Waals surface area contributed by atoms with Gasteiger partial charge in [-0.3, -0.25) is 0 Å². The van der Waals surface area contributed by atoms with E-state index in [1.165, 1.54) is 25.7 Å². The molecule has 0 aromatic carbocycles. The van der Waals surface area contributed by atoms with E-state index in [9.17, 15) is 0 Å². The van der Waals surface area contributed by atoms with Crippen LogP contribution in [0.1, 0.15) is 59.3 Å². The molecule has 2 aliphatic heterocycles. The average Bonchev–Trinajstić information content (AvgIpc) is 2.45. The topological polar surface area (TPSA) is 18.5 Å². The molecule has 0 aromatic heterocycles. The predicted molar refractivity (Wildman–Crippen MR) is 94.4 cm³/mol. The lowest BCUT2D eigenvalue weighted by Crippen LogP contribution is -2.44. The summed E-state index contributed by atoms with van der Waals surface area (Å²) in [5, 5.41) is 0. The first-order valence-corrected chi connectivity index (χ1v) is 9.54. The Morgan fingerprint density at radius 1 is 1.29 bits per heavy atom. The molecule has 2 heterocycles. The molecule has 1 aliphatic carbocycles. The van der Waals surface area contributed by atoms with Crippen molar-refractivity contribution in [2.24, 2.45) is 11.3 Å². The van der Waals surface area contributed by atoms with Crippen LogP contribution in [0.2, 0.25) is 0 Å². The van der Waals surface area contributed by atoms with Crippen LogP contribution in [0, 0.1) is 11.3 Å². The smallest absolute Gasteiger partial charge is 0.164 e. The van der Waals surface area contributed by atoms with Crippen molar-refractivity contribution in [2.75, 3.05) is 6.61 Å². The fraction of sp³-hybridized carbons (Fsp3) is 0.778. The van der Waals surface area contributed by atoms with Crippen LogP contribution in [0.4, 0.5) is 0 Å². The first-order chi connectivity index (χ1) is 10.0. The third-order valence-electron chi connectivity index (χ3n) is 5.47. The van der Waals surface area contributed by atoms with E-state index < -0.39 is 0 Å². The molecule has 3 rings (SSSR count). The predicted octanol–water partition coefficient (Wildman–Crippen LogP) is 5.37. The Balaban J connectivity index is 1.89. The summed E-state index contributed by atoms with van der Waals surface area (Å²) in [6.07, 6.45) is 7.46. The second-order valence-electron chi connectivity index (χ2n) is 7.43. The highest BCUT2D eigenvalue weighted by molar-refractivity contribution is 14.1. The number of rotatable bonds is 1. The molecule has 0 amide bonds. The molecule has 2 nitrogen and oxygen atoms in total. The Kier molecular flexibility index (Phi) is 4.82. The van der Waals surface area contributed by atoms with Gasteiger partial charge in [0, 0.05) is 12.5 Å². The summed E-state index contributed by atoms with van der Waals surface area (Å²) in [4.78, 5) is 0. The maximum Gasteiger partial charge on any atom is 0.164 e. The van der Waals surface area contributed by atoms with E-state index in [0.717, 1.165) is 19.4 Å². The van der Waals surface area contributed by atoms with Crippen molar-refractivity contribution < 1.29 is 9.47 Å². The van der Waals surface area contributed by atoms with Crippen molar-refractivity contribution in [1.29, 1.82) is 0 Å². The van der Waals surface area contributed by atoms with Gasteiger partial charge in [0.05, 0.1) is 6.10 Å². The molecule has 0 bridgehead atoms. The second kappa shape index (κ2) is 6.32. The van der Waals surface area contributed by atoms with Crippen molar-refractivity contribution in [3.8, 4) is 0 Å². The standard InChI is InChI=1S/C18H27IO2/c1-12-6-4-8-18(2,3)16(12)15-10-13(11-19)14-7-5-9-20-17(14)21-15/h11,14-15,17H,4-10H2,1-3H3/b13-11-/t14-,15-,17+/m1/s1. The van der Waals surface area contributed by atoms with Gasteiger partial charge in [-0.1, -0.05) is 47.6 Å². The molecular formula is C18H27IO2. The molecule has 3 atom stereocenters. The summed E-state index contributed by atoms with van der Waals surface area (Å²) in [7, 11) is 0. The zero-order valence-electron chi connectivity index (χ0n) is 13.5. The van der Waals surface area contributed by atoms with Crippen LogP contribution >= 0.6 is 22.6 Å². The van der Waals surface area contributed by atoms with Gasteiger partial charge in [0.15, 0.2) is 6.29 Å². The van der Waals surface area contributed by atoms with Gasteiger partial charge in [0.2, 0.25) is 0 Å². The monoisotopic (exact) mass is 402 g/mol. The van der Waals surface area contributed by atoms with Gasteiger partial charge in [-0.15, -0.1) is 0 Å². The molecule has 0 N–H and O–H groups in total. The second-order valence-corrected chi connectivity index (χ2v) is 8.06. The van der Waals surface area contributed by atoms with Gasteiger partial charge in [-0.05, 0) is 60.5 Å². The van der Waals surface area contributed by atoms with Crippen LogP contribution in [0.25, 0.3) is 0 Å². The van der Waals surface area contributed by atoms with E-state index >= 15 is 0 Å². The summed E-state index contributed by atoms with van der Waals surface area (Å²) < 4.78 is 14.7. The zero-order chi connectivity index (χ0) is 15.0. The van der Waals surface area contributed by atoms with E-state index in [1.54, 1.807) is 16.7 Å². The lowest BCUT2D eigenvalue weighted by atomic mass is 9.69. The summed E-state index contributed by atoms with van der Waals surface area (Å²) in [6.45, 7) is 7.93. The fourth-order valence-corrected chi connectivity index (χ4v) is 5.19. The Hall–Kier alpha value is 0.130. The van der Waals surface area contributed by atoms with Gasteiger partial charge in [0.1, 0.15) is 0 Å². The van der Waals surface area contributed by atoms with Gasteiger partial charge >= 0.3 is 0 Å². The normalized spacial score (nSPS) is 38.5. The highest BCUT2D eigenvalue weighted by atomic mass is 127. The number of hydrogen-bond donors (Lipinski definition) is 0. The molecule has 118 valence electrons. The van der Waals surface area contributed by atoms with Crippen LogP contribution in [-0.2, 0) is 9.47 Å². The van der Waals surface area contributed by atoms with E-state index in [4.69, 9.17) is 9.47 Å². The summed E-state index contributed by atoms with van der Waals surface area (Å²) in [5.74, 6) is 0.486. The average molecular weight is 402 g/mol. The SMILES string of the molecule is CC1=C([C@H]2C/C(=C/I)[C@H]3CCCO[C@H]3O2)C(C)(C)CCC1. The molecule has 3 aliphatic rings. The van der Waals surface area contributed by atoms with Crippen molar-refractivity contribution in [3.05, 3.63) is 20.8 Å². The quantitative estimate of drug-likeness (QED) is 0.434. The molecule has 0 aromatic rings. The highest BCUT2D eigenvalue weighted by Gasteiger charge is 2.42. The minimum Gasteiger partial charge on any atom is -0.352 e. The molecule has 3 heteroatoms. The number of hydrogen-bond acceptors (Lipinski definition) is 2. The van der Waals surface area contributed by atoms with Crippen LogP contribution in [-0.4, -0.2) is 19.0 Å². The largest absolute Gasteiger partial charge is 0.352 e. The maximum absolute atomic E-state index is 6.44. The summed E-state index contributed by atoms with van der Waals surface area (Å²) in [5.41, 5.74) is 4.92. The van der Waals surface area contributed by atoms with Crippen LogP contribution in [0.15, 0.2) is 20.8 Å². The molecule has 2 saturated heterocycles. The first-order valence-electron chi connectivity index (χ1n) is 8.29. The molecule has 0 radical (unpaired) electrons. The van der Waals surface area contributed by atoms with E-state index in [1.807, 2.05) is 0 Å². The van der Waals surface area contributed by atoms with Gasteiger partial charge in [0.25, 0.3) is 0 Å². The van der Waals surface area contributed by atoms with Crippen LogP contribution in [0.5, 0.6) is 0 Å². The maximum atomic E-state index is 6.44. The van der Waals surface area contributed by atoms with E-state index in [2.05, 4.69) is 47.4 Å². The first kappa shape index (κ1) is 16.0. The Bertz CT molecular complexity index is 464.